The van der Waals surface area contributed by atoms with Crippen molar-refractivity contribution in [3.8, 4) is 5.75 Å². The molecule has 0 spiro atoms. The highest BCUT2D eigenvalue weighted by atomic mass is 16.7. The van der Waals surface area contributed by atoms with Crippen LogP contribution in [0.3, 0.4) is 0 Å². The number of alkyl carbamates (subject to hydrolysis) is 1. The summed E-state index contributed by atoms with van der Waals surface area (Å²) < 4.78 is 30.8. The van der Waals surface area contributed by atoms with E-state index in [-0.39, 0.29) is 49.3 Å². The maximum atomic E-state index is 13.7. The third-order valence-corrected chi connectivity index (χ3v) is 11.2. The highest BCUT2D eigenvalue weighted by Gasteiger charge is 2.67. The second-order valence-electron chi connectivity index (χ2n) is 17.5. The summed E-state index contributed by atoms with van der Waals surface area (Å²) in [5, 5.41) is 2.71. The fraction of sp³-hybridized carbons (Fsp3) is 0.641. The van der Waals surface area contributed by atoms with Crippen molar-refractivity contribution in [1.82, 2.24) is 15.2 Å². The quantitative estimate of drug-likeness (QED) is 0.231. The van der Waals surface area contributed by atoms with E-state index in [1.165, 1.54) is 6.42 Å². The Balaban J connectivity index is 1.13. The fourth-order valence-corrected chi connectivity index (χ4v) is 8.35. The topological polar surface area (TPSA) is 126 Å². The highest BCUT2D eigenvalue weighted by Crippen LogP contribution is 2.65. The van der Waals surface area contributed by atoms with Crippen molar-refractivity contribution in [1.29, 1.82) is 0 Å². The molecule has 12 heteroatoms. The molecule has 2 aliphatic heterocycles. The second kappa shape index (κ2) is 13.4. The minimum absolute atomic E-state index is 0.120. The first-order valence-electron chi connectivity index (χ1n) is 18.3. The van der Waals surface area contributed by atoms with Crippen LogP contribution in [-0.2, 0) is 30.0 Å². The predicted molar refractivity (Wildman–Crippen MR) is 192 cm³/mol. The van der Waals surface area contributed by atoms with Gasteiger partial charge in [-0.2, -0.15) is 0 Å². The van der Waals surface area contributed by atoms with Crippen LogP contribution in [0, 0.1) is 24.2 Å². The van der Waals surface area contributed by atoms with Crippen molar-refractivity contribution >= 4 is 25.1 Å². The highest BCUT2D eigenvalue weighted by molar-refractivity contribution is 6.45. The molecule has 5 fully saturated rings. The first-order valence-corrected chi connectivity index (χ1v) is 18.3. The lowest BCUT2D eigenvalue weighted by Gasteiger charge is -2.64. The number of nitrogens with zero attached hydrogens (tertiary/aromatic N) is 2. The zero-order valence-electron chi connectivity index (χ0n) is 31.8. The molecular formula is C39H54BN3O8. The average Bonchev–Trinajstić information content (AvgIpc) is 3.35. The number of rotatable bonds is 9. The molecule has 5 aliphatic rings. The molecule has 1 aromatic carbocycles. The lowest BCUT2D eigenvalue weighted by Crippen LogP contribution is -2.65. The largest absolute Gasteiger partial charge is 0.486 e. The SMILES string of the molecule is Cc1c(CCB2O[C@@H]3C[C@@H]4C[C@@H](C4(C)C)[C@]3(C)O2)ccc(OC2CN(C(=O)C(NC(=O)OC(C)(C)C)c3cccnc3)C2)c1C(=O)OC(C)(C)C. The maximum absolute atomic E-state index is 13.7. The number of aromatic nitrogens is 1. The number of esters is 1. The van der Waals surface area contributed by atoms with Crippen LogP contribution in [0.1, 0.15) is 108 Å². The Morgan fingerprint density at radius 3 is 2.37 bits per heavy atom. The number of nitrogens with one attached hydrogen (secondary N) is 1. The van der Waals surface area contributed by atoms with Gasteiger partial charge in [0, 0.05) is 18.0 Å². The van der Waals surface area contributed by atoms with Crippen LogP contribution >= 0.6 is 0 Å². The summed E-state index contributed by atoms with van der Waals surface area (Å²) in [7, 11) is -0.297. The van der Waals surface area contributed by atoms with Gasteiger partial charge in [-0.1, -0.05) is 26.0 Å². The second-order valence-corrected chi connectivity index (χ2v) is 17.5. The molecule has 7 rings (SSSR count). The smallest absolute Gasteiger partial charge is 0.457 e. The van der Waals surface area contributed by atoms with Gasteiger partial charge in [0.15, 0.2) is 0 Å². The van der Waals surface area contributed by atoms with E-state index < -0.39 is 29.3 Å². The normalized spacial score (nSPS) is 26.0. The van der Waals surface area contributed by atoms with Gasteiger partial charge < -0.3 is 33.7 Å². The van der Waals surface area contributed by atoms with E-state index in [4.69, 9.17) is 23.5 Å². The van der Waals surface area contributed by atoms with Gasteiger partial charge in [0.1, 0.15) is 34.7 Å². The Labute approximate surface area is 302 Å². The van der Waals surface area contributed by atoms with E-state index in [0.717, 1.165) is 17.5 Å². The number of amides is 2. The van der Waals surface area contributed by atoms with Gasteiger partial charge in [-0.25, -0.2) is 9.59 Å². The molecule has 3 heterocycles. The Hall–Kier alpha value is -3.64. The van der Waals surface area contributed by atoms with Gasteiger partial charge in [0.2, 0.25) is 5.91 Å². The van der Waals surface area contributed by atoms with Gasteiger partial charge in [-0.15, -0.1) is 0 Å². The van der Waals surface area contributed by atoms with Crippen molar-refractivity contribution in [2.45, 2.75) is 130 Å². The zero-order valence-corrected chi connectivity index (χ0v) is 31.8. The maximum Gasteiger partial charge on any atom is 0.457 e. The van der Waals surface area contributed by atoms with E-state index >= 15 is 0 Å². The van der Waals surface area contributed by atoms with Crippen molar-refractivity contribution in [2.75, 3.05) is 13.1 Å². The Kier molecular flexibility index (Phi) is 9.76. The third-order valence-electron chi connectivity index (χ3n) is 11.2. The summed E-state index contributed by atoms with van der Waals surface area (Å²) >= 11 is 0. The molecule has 11 nitrogen and oxygen atoms in total. The molecule has 3 aliphatic carbocycles. The van der Waals surface area contributed by atoms with Crippen LogP contribution < -0.4 is 10.1 Å². The molecule has 1 aromatic heterocycles. The third kappa shape index (κ3) is 7.63. The number of hydrogen-bond acceptors (Lipinski definition) is 9. The molecule has 2 saturated heterocycles. The number of ether oxygens (including phenoxy) is 3. The number of pyridine rings is 1. The molecule has 51 heavy (non-hydrogen) atoms. The molecule has 276 valence electrons. The van der Waals surface area contributed by atoms with Crippen LogP contribution in [-0.4, -0.2) is 77.1 Å². The summed E-state index contributed by atoms with van der Waals surface area (Å²) in [6, 6.07) is 6.28. The number of carbonyl (C=O) groups is 3. The Morgan fingerprint density at radius 2 is 1.75 bits per heavy atom. The zero-order chi connectivity index (χ0) is 37.1. The molecule has 1 unspecified atom stereocenters. The van der Waals surface area contributed by atoms with E-state index in [1.54, 1.807) is 50.2 Å². The molecule has 5 atom stereocenters. The van der Waals surface area contributed by atoms with Gasteiger partial charge in [0.25, 0.3) is 0 Å². The van der Waals surface area contributed by atoms with Gasteiger partial charge >= 0.3 is 19.2 Å². The van der Waals surface area contributed by atoms with Crippen LogP contribution in [0.2, 0.25) is 6.32 Å². The summed E-state index contributed by atoms with van der Waals surface area (Å²) in [6.07, 6.45) is 5.79. The Bertz CT molecular complexity index is 1650. The minimum Gasteiger partial charge on any atom is -0.486 e. The number of benzene rings is 1. The van der Waals surface area contributed by atoms with Crippen molar-refractivity contribution in [2.24, 2.45) is 17.3 Å². The van der Waals surface area contributed by atoms with Gasteiger partial charge in [-0.05, 0) is 121 Å². The lowest BCUT2D eigenvalue weighted by atomic mass is 9.43. The van der Waals surface area contributed by atoms with Gasteiger partial charge in [0.05, 0.1) is 24.8 Å². The monoisotopic (exact) mass is 703 g/mol. The molecule has 2 aromatic rings. The minimum atomic E-state index is -0.982. The number of hydrogen-bond donors (Lipinski definition) is 1. The molecule has 2 bridgehead atoms. The number of carbonyl (C=O) groups excluding carboxylic acids is 3. The summed E-state index contributed by atoms with van der Waals surface area (Å²) in [6.45, 7) is 20.2. The first kappa shape index (κ1) is 37.1. The Morgan fingerprint density at radius 1 is 1.04 bits per heavy atom. The van der Waals surface area contributed by atoms with Crippen LogP contribution in [0.5, 0.6) is 5.75 Å². The standard InChI is InChI=1S/C39H54BN3O8/c1-23-24(15-16-40-50-30-19-26-18-29(38(26,8)9)39(30,10)51-40)13-14-28(31(23)34(45)48-36(2,3)4)47-27-21-43(22-27)33(44)32(25-12-11-17-41-20-25)42-35(46)49-37(5,6)7/h11-14,17,20,26-27,29-30,32H,15-16,18-19,21-22H2,1-10H3,(H,42,46)/t26-,29-,30+,32?,39-/m0/s1. The van der Waals surface area contributed by atoms with Crippen LogP contribution in [0.15, 0.2) is 36.7 Å². The summed E-state index contributed by atoms with van der Waals surface area (Å²) in [5.74, 6) is 0.823. The van der Waals surface area contributed by atoms with E-state index in [9.17, 15) is 14.4 Å². The summed E-state index contributed by atoms with van der Waals surface area (Å²) in [4.78, 5) is 45.7. The van der Waals surface area contributed by atoms with Crippen molar-refractivity contribution < 1.29 is 37.9 Å². The number of likely N-dealkylation sites (tertiary alicyclic amines) is 1. The van der Waals surface area contributed by atoms with E-state index in [0.29, 0.717) is 41.5 Å². The molecule has 2 amide bonds. The van der Waals surface area contributed by atoms with Crippen LogP contribution in [0.25, 0.3) is 0 Å². The lowest BCUT2D eigenvalue weighted by molar-refractivity contribution is -0.199. The predicted octanol–water partition coefficient (Wildman–Crippen LogP) is 6.47. The van der Waals surface area contributed by atoms with Crippen molar-refractivity contribution in [3.05, 3.63) is 58.9 Å². The van der Waals surface area contributed by atoms with E-state index in [2.05, 4.69) is 31.1 Å². The van der Waals surface area contributed by atoms with Gasteiger partial charge in [-0.3, -0.25) is 9.78 Å². The first-order chi connectivity index (χ1) is 23.7. The fourth-order valence-electron chi connectivity index (χ4n) is 8.35. The molecule has 3 saturated carbocycles. The molecule has 1 N–H and O–H groups in total. The van der Waals surface area contributed by atoms with Crippen molar-refractivity contribution in [3.63, 3.8) is 0 Å². The molecular weight excluding hydrogens is 649 g/mol. The van der Waals surface area contributed by atoms with Crippen LogP contribution in [0.4, 0.5) is 4.79 Å². The summed E-state index contributed by atoms with van der Waals surface area (Å²) in [5.41, 5.74) is 1.29. The van der Waals surface area contributed by atoms with E-state index in [1.807, 2.05) is 39.8 Å². The molecule has 0 radical (unpaired) electrons. The average molecular weight is 704 g/mol. The number of aryl methyl sites for hydroxylation is 1.